The van der Waals surface area contributed by atoms with E-state index in [1.807, 2.05) is 32.3 Å². The van der Waals surface area contributed by atoms with Crippen molar-refractivity contribution in [3.05, 3.63) is 62.3 Å². The Morgan fingerprint density at radius 2 is 2.00 bits per heavy atom. The van der Waals surface area contributed by atoms with Crippen molar-refractivity contribution in [2.75, 3.05) is 31.7 Å². The second-order valence-corrected chi connectivity index (χ2v) is 16.3. The van der Waals surface area contributed by atoms with Gasteiger partial charge in [0.25, 0.3) is 5.56 Å². The highest BCUT2D eigenvalue weighted by molar-refractivity contribution is 7.99. The summed E-state index contributed by atoms with van der Waals surface area (Å²) in [4.78, 5) is 35.7. The van der Waals surface area contributed by atoms with E-state index in [9.17, 15) is 9.35 Å². The van der Waals surface area contributed by atoms with E-state index in [1.165, 1.54) is 27.5 Å². The van der Waals surface area contributed by atoms with Crippen LogP contribution in [-0.4, -0.2) is 60.6 Å². The summed E-state index contributed by atoms with van der Waals surface area (Å²) in [5.41, 5.74) is 3.37. The van der Waals surface area contributed by atoms with Gasteiger partial charge in [0.2, 0.25) is 0 Å². The Morgan fingerprint density at radius 1 is 1.21 bits per heavy atom. The molecule has 1 aliphatic carbocycles. The van der Waals surface area contributed by atoms with Gasteiger partial charge in [-0.2, -0.15) is 0 Å². The first-order valence-corrected chi connectivity index (χ1v) is 17.3. The van der Waals surface area contributed by atoms with Gasteiger partial charge in [-0.1, -0.05) is 23.4 Å². The van der Waals surface area contributed by atoms with Crippen LogP contribution in [0.1, 0.15) is 50.2 Å². The molecule has 1 aliphatic heterocycles. The summed E-state index contributed by atoms with van der Waals surface area (Å²) in [6.07, 6.45) is 7.85. The van der Waals surface area contributed by atoms with Crippen molar-refractivity contribution in [3.63, 3.8) is 0 Å². The van der Waals surface area contributed by atoms with Crippen molar-refractivity contribution in [1.82, 2.24) is 29.2 Å². The second-order valence-electron chi connectivity index (χ2n) is 11.9. The average molecular weight is 660 g/mol. The molecule has 228 valence electrons. The number of nitrogens with one attached hydrogen (secondary N) is 1. The number of aromatic nitrogens is 5. The van der Waals surface area contributed by atoms with Crippen molar-refractivity contribution in [1.29, 1.82) is 0 Å². The number of anilines is 1. The van der Waals surface area contributed by atoms with Crippen molar-refractivity contribution in [2.24, 2.45) is 5.41 Å². The highest BCUT2D eigenvalue weighted by Gasteiger charge is 2.52. The van der Waals surface area contributed by atoms with Gasteiger partial charge in [-0.3, -0.25) is 9.36 Å². The number of benzene rings is 1. The van der Waals surface area contributed by atoms with Crippen LogP contribution in [0.2, 0.25) is 5.02 Å². The van der Waals surface area contributed by atoms with Gasteiger partial charge in [-0.25, -0.2) is 19.9 Å². The number of hydrogen-bond donors (Lipinski definition) is 1. The van der Waals surface area contributed by atoms with Gasteiger partial charge < -0.3 is 14.2 Å². The minimum absolute atomic E-state index is 0.0140. The molecule has 0 bridgehead atoms. The molecule has 2 aliphatic rings. The number of ether oxygens (including phenoxy) is 1. The summed E-state index contributed by atoms with van der Waals surface area (Å²) in [5.74, 6) is 0.822. The molecule has 1 saturated heterocycles. The largest absolute Gasteiger partial charge is 0.598 e. The van der Waals surface area contributed by atoms with Gasteiger partial charge in [0.15, 0.2) is 0 Å². The Labute approximate surface area is 267 Å². The maximum absolute atomic E-state index is 13.1. The summed E-state index contributed by atoms with van der Waals surface area (Å²) >= 11 is 8.58. The fourth-order valence-corrected chi connectivity index (χ4v) is 8.85. The third kappa shape index (κ3) is 6.05. The summed E-state index contributed by atoms with van der Waals surface area (Å²) in [5, 5.41) is 1.42. The van der Waals surface area contributed by atoms with E-state index in [1.54, 1.807) is 36.9 Å². The van der Waals surface area contributed by atoms with E-state index in [0.29, 0.717) is 39.0 Å². The van der Waals surface area contributed by atoms with Crippen LogP contribution < -0.4 is 15.2 Å². The lowest BCUT2D eigenvalue weighted by molar-refractivity contribution is 0.176. The van der Waals surface area contributed by atoms with E-state index in [2.05, 4.69) is 24.6 Å². The summed E-state index contributed by atoms with van der Waals surface area (Å²) in [6, 6.07) is 3.69. The molecule has 0 amide bonds. The minimum Gasteiger partial charge on any atom is -0.598 e. The second kappa shape index (κ2) is 12.3. The highest BCUT2D eigenvalue weighted by Crippen LogP contribution is 2.53. The Kier molecular flexibility index (Phi) is 8.77. The highest BCUT2D eigenvalue weighted by atomic mass is 35.5. The Morgan fingerprint density at radius 3 is 2.70 bits per heavy atom. The molecule has 1 N–H and O–H groups in total. The predicted octanol–water partition coefficient (Wildman–Crippen LogP) is 5.03. The van der Waals surface area contributed by atoms with E-state index < -0.39 is 11.4 Å². The molecule has 4 aromatic rings. The molecule has 4 heterocycles. The predicted molar refractivity (Wildman–Crippen MR) is 173 cm³/mol. The number of piperidine rings is 1. The molecular weight excluding hydrogens is 626 g/mol. The molecule has 2 atom stereocenters. The fraction of sp³-hybridized carbons (Fsp3) is 0.483. The average Bonchev–Trinajstić information content (AvgIpc) is 3.54. The molecule has 10 nitrogen and oxygen atoms in total. The van der Waals surface area contributed by atoms with Crippen LogP contribution in [0.15, 0.2) is 51.1 Å². The Hall–Kier alpha value is -2.26. The number of methoxy groups -OCH3 is 1. The molecule has 0 saturated carbocycles. The van der Waals surface area contributed by atoms with Gasteiger partial charge in [0, 0.05) is 46.7 Å². The van der Waals surface area contributed by atoms with Crippen LogP contribution in [0.4, 0.5) is 5.82 Å². The lowest BCUT2D eigenvalue weighted by atomic mass is 9.74. The first kappa shape index (κ1) is 30.8. The zero-order valence-corrected chi connectivity index (χ0v) is 27.7. The van der Waals surface area contributed by atoms with E-state index in [4.69, 9.17) is 21.3 Å². The topological polar surface area (TPSA) is 121 Å². The molecule has 3 aromatic heterocycles. The number of rotatable bonds is 8. The third-order valence-electron chi connectivity index (χ3n) is 8.19. The van der Waals surface area contributed by atoms with Gasteiger partial charge in [-0.15, -0.1) is 16.1 Å². The van der Waals surface area contributed by atoms with Crippen LogP contribution >= 0.6 is 34.7 Å². The quantitative estimate of drug-likeness (QED) is 0.258. The monoisotopic (exact) mass is 659 g/mol. The number of thiazole rings is 1. The molecule has 43 heavy (non-hydrogen) atoms. The van der Waals surface area contributed by atoms with Crippen LogP contribution in [0.25, 0.3) is 10.9 Å². The van der Waals surface area contributed by atoms with E-state index >= 15 is 0 Å². The van der Waals surface area contributed by atoms with Crippen LogP contribution in [0, 0.1) is 5.41 Å². The zero-order chi connectivity index (χ0) is 30.4. The SMILES string of the molecule is COCCn1cnc2ccc(Sc3cnc(N4CCC5(CC4)Cc4ncsc4[C@H]5N[S@+]([O-])C(C)(C)C)cn3)c(Cl)c2c1=O. The van der Waals surface area contributed by atoms with Crippen LogP contribution in [0.5, 0.6) is 0 Å². The maximum Gasteiger partial charge on any atom is 0.262 e. The Balaban J connectivity index is 1.15. The first-order valence-electron chi connectivity index (χ1n) is 14.1. The molecule has 1 aromatic carbocycles. The molecule has 0 unspecified atom stereocenters. The van der Waals surface area contributed by atoms with Gasteiger partial charge in [0.05, 0.1) is 65.0 Å². The molecule has 1 spiro atoms. The lowest BCUT2D eigenvalue weighted by Gasteiger charge is -2.43. The normalized spacial score (nSPS) is 18.8. The Bertz CT molecular complexity index is 1670. The third-order valence-corrected chi connectivity index (χ3v) is 12.2. The van der Waals surface area contributed by atoms with E-state index in [-0.39, 0.29) is 21.8 Å². The van der Waals surface area contributed by atoms with Crippen molar-refractivity contribution < 1.29 is 9.29 Å². The number of nitrogens with zero attached hydrogens (tertiary/aromatic N) is 6. The standard InChI is InChI=1S/C29H34ClN7O3S3/c1-28(2,3)43(39)35-26-25-19(34-17-41-25)13-29(26)7-9-36(10-8-29)21-14-32-22(15-31-21)42-20-6-5-18-23(24(20)30)27(38)37(16-33-18)11-12-40-4/h5-6,14-17,26,35H,7-13H2,1-4H3/t26-,43-/m1/s1. The van der Waals surface area contributed by atoms with Crippen LogP contribution in [-0.2, 0) is 29.1 Å². The zero-order valence-electron chi connectivity index (χ0n) is 24.5. The summed E-state index contributed by atoms with van der Waals surface area (Å²) < 4.78 is 22.9. The van der Waals surface area contributed by atoms with Crippen molar-refractivity contribution >= 4 is 62.8 Å². The summed E-state index contributed by atoms with van der Waals surface area (Å²) in [6.45, 7) is 8.46. The van der Waals surface area contributed by atoms with Gasteiger partial charge in [0.1, 0.15) is 15.6 Å². The first-order chi connectivity index (χ1) is 20.6. The molecule has 6 rings (SSSR count). The number of hydrogen-bond acceptors (Lipinski definition) is 11. The molecule has 14 heteroatoms. The molecular formula is C29H34ClN7O3S3. The summed E-state index contributed by atoms with van der Waals surface area (Å²) in [7, 11) is 1.59. The lowest BCUT2D eigenvalue weighted by Crippen LogP contribution is -2.49. The van der Waals surface area contributed by atoms with Crippen molar-refractivity contribution in [2.45, 2.75) is 67.3 Å². The van der Waals surface area contributed by atoms with Gasteiger partial charge in [-0.05, 0) is 52.2 Å². The molecule has 1 fully saturated rings. The van der Waals surface area contributed by atoms with Crippen LogP contribution in [0.3, 0.4) is 0 Å². The molecule has 0 radical (unpaired) electrons. The number of halogens is 1. The maximum atomic E-state index is 13.1. The fourth-order valence-electron chi connectivity index (χ4n) is 5.72. The van der Waals surface area contributed by atoms with Crippen molar-refractivity contribution in [3.8, 4) is 0 Å². The minimum atomic E-state index is -1.17. The van der Waals surface area contributed by atoms with E-state index in [0.717, 1.165) is 43.9 Å². The smallest absolute Gasteiger partial charge is 0.262 e. The van der Waals surface area contributed by atoms with Gasteiger partial charge >= 0.3 is 0 Å². The number of fused-ring (bicyclic) bond motifs is 2.